The summed E-state index contributed by atoms with van der Waals surface area (Å²) in [7, 11) is 1.46. The summed E-state index contributed by atoms with van der Waals surface area (Å²) in [6, 6.07) is 1.26. The van der Waals surface area contributed by atoms with E-state index in [1.54, 1.807) is 5.38 Å². The minimum atomic E-state index is -0.473. The SMILES string of the molecule is COc1cnc(-c2csc(N)n2)c(F)c1. The summed E-state index contributed by atoms with van der Waals surface area (Å²) in [5.41, 5.74) is 6.08. The molecule has 0 spiro atoms. The molecule has 2 rings (SSSR count). The second kappa shape index (κ2) is 3.82. The van der Waals surface area contributed by atoms with Crippen LogP contribution in [-0.4, -0.2) is 17.1 Å². The molecule has 0 amide bonds. The van der Waals surface area contributed by atoms with Crippen LogP contribution in [0.4, 0.5) is 9.52 Å². The number of anilines is 1. The summed E-state index contributed by atoms with van der Waals surface area (Å²) in [4.78, 5) is 7.87. The fourth-order valence-corrected chi connectivity index (χ4v) is 1.66. The monoisotopic (exact) mass is 225 g/mol. The smallest absolute Gasteiger partial charge is 0.180 e. The molecule has 0 saturated heterocycles. The fourth-order valence-electron chi connectivity index (χ4n) is 1.12. The fraction of sp³-hybridized carbons (Fsp3) is 0.111. The molecule has 15 heavy (non-hydrogen) atoms. The zero-order chi connectivity index (χ0) is 10.8. The van der Waals surface area contributed by atoms with Crippen molar-refractivity contribution in [2.24, 2.45) is 0 Å². The predicted molar refractivity (Wildman–Crippen MR) is 56.3 cm³/mol. The zero-order valence-corrected chi connectivity index (χ0v) is 8.71. The predicted octanol–water partition coefficient (Wildman–Crippen LogP) is 1.94. The van der Waals surface area contributed by atoms with Gasteiger partial charge in [0.25, 0.3) is 0 Å². The van der Waals surface area contributed by atoms with Gasteiger partial charge in [0.1, 0.15) is 17.1 Å². The topological polar surface area (TPSA) is 61.0 Å². The molecule has 0 aliphatic heterocycles. The summed E-state index contributed by atoms with van der Waals surface area (Å²) >= 11 is 1.25. The minimum Gasteiger partial charge on any atom is -0.495 e. The zero-order valence-electron chi connectivity index (χ0n) is 7.90. The molecule has 0 saturated carbocycles. The van der Waals surface area contributed by atoms with E-state index in [1.165, 1.54) is 30.7 Å². The Morgan fingerprint density at radius 2 is 2.33 bits per heavy atom. The number of nitrogens with two attached hydrogens (primary N) is 1. The van der Waals surface area contributed by atoms with Gasteiger partial charge in [-0.15, -0.1) is 11.3 Å². The van der Waals surface area contributed by atoms with Crippen LogP contribution in [-0.2, 0) is 0 Å². The molecule has 6 heteroatoms. The third-order valence-corrected chi connectivity index (χ3v) is 2.49. The number of nitrogens with zero attached hydrogens (tertiary/aromatic N) is 2. The van der Waals surface area contributed by atoms with Crippen LogP contribution in [0.3, 0.4) is 0 Å². The van der Waals surface area contributed by atoms with Crippen LogP contribution in [0.15, 0.2) is 17.6 Å². The molecule has 0 aliphatic carbocycles. The lowest BCUT2D eigenvalue weighted by Crippen LogP contribution is -1.92. The first-order chi connectivity index (χ1) is 7.20. The largest absolute Gasteiger partial charge is 0.495 e. The number of thiazole rings is 1. The number of pyridine rings is 1. The number of hydrogen-bond donors (Lipinski definition) is 1. The van der Waals surface area contributed by atoms with Crippen molar-refractivity contribution >= 4 is 16.5 Å². The first-order valence-electron chi connectivity index (χ1n) is 4.11. The van der Waals surface area contributed by atoms with Gasteiger partial charge in [0.15, 0.2) is 10.9 Å². The van der Waals surface area contributed by atoms with Crippen LogP contribution in [0, 0.1) is 5.82 Å². The highest BCUT2D eigenvalue weighted by Gasteiger charge is 2.10. The highest BCUT2D eigenvalue weighted by Crippen LogP contribution is 2.25. The molecule has 0 aliphatic rings. The van der Waals surface area contributed by atoms with E-state index in [-0.39, 0.29) is 5.69 Å². The van der Waals surface area contributed by atoms with Gasteiger partial charge in [0, 0.05) is 11.4 Å². The number of rotatable bonds is 2. The van der Waals surface area contributed by atoms with Crippen molar-refractivity contribution in [3.63, 3.8) is 0 Å². The van der Waals surface area contributed by atoms with Gasteiger partial charge in [0.2, 0.25) is 0 Å². The van der Waals surface area contributed by atoms with E-state index in [2.05, 4.69) is 9.97 Å². The Balaban J connectivity index is 2.45. The van der Waals surface area contributed by atoms with E-state index in [9.17, 15) is 4.39 Å². The molecule has 2 aromatic heterocycles. The van der Waals surface area contributed by atoms with E-state index in [0.717, 1.165) is 0 Å². The molecule has 0 radical (unpaired) electrons. The standard InChI is InChI=1S/C9H8FN3OS/c1-14-5-2-6(10)8(12-3-5)7-4-15-9(11)13-7/h2-4H,1H3,(H2,11,13). The second-order valence-electron chi connectivity index (χ2n) is 2.78. The van der Waals surface area contributed by atoms with Crippen molar-refractivity contribution in [3.05, 3.63) is 23.5 Å². The molecule has 0 unspecified atom stereocenters. The second-order valence-corrected chi connectivity index (χ2v) is 3.67. The van der Waals surface area contributed by atoms with Crippen molar-refractivity contribution in [1.29, 1.82) is 0 Å². The lowest BCUT2D eigenvalue weighted by Gasteiger charge is -2.01. The van der Waals surface area contributed by atoms with Crippen LogP contribution in [0.5, 0.6) is 5.75 Å². The lowest BCUT2D eigenvalue weighted by molar-refractivity contribution is 0.409. The third-order valence-electron chi connectivity index (χ3n) is 1.82. The number of hydrogen-bond acceptors (Lipinski definition) is 5. The Morgan fingerprint density at radius 3 is 2.87 bits per heavy atom. The number of ether oxygens (including phenoxy) is 1. The van der Waals surface area contributed by atoms with E-state index < -0.39 is 5.82 Å². The van der Waals surface area contributed by atoms with Gasteiger partial charge in [0.05, 0.1) is 13.3 Å². The molecule has 0 aromatic carbocycles. The molecule has 0 bridgehead atoms. The first-order valence-corrected chi connectivity index (χ1v) is 4.99. The highest BCUT2D eigenvalue weighted by molar-refractivity contribution is 7.13. The highest BCUT2D eigenvalue weighted by atomic mass is 32.1. The van der Waals surface area contributed by atoms with E-state index in [0.29, 0.717) is 16.6 Å². The molecular formula is C9H8FN3OS. The number of methoxy groups -OCH3 is 1. The van der Waals surface area contributed by atoms with Crippen LogP contribution in [0.2, 0.25) is 0 Å². The Labute approximate surface area is 89.6 Å². The number of aromatic nitrogens is 2. The van der Waals surface area contributed by atoms with Crippen LogP contribution in [0.25, 0.3) is 11.4 Å². The molecule has 0 atom stereocenters. The maximum atomic E-state index is 13.5. The molecule has 78 valence electrons. The summed E-state index contributed by atoms with van der Waals surface area (Å²) in [5, 5.41) is 2.05. The Hall–Kier alpha value is -1.69. The Morgan fingerprint density at radius 1 is 1.53 bits per heavy atom. The summed E-state index contributed by atoms with van der Waals surface area (Å²) in [6.07, 6.45) is 1.44. The van der Waals surface area contributed by atoms with Crippen LogP contribution in [0.1, 0.15) is 0 Å². The number of nitrogen functional groups attached to an aromatic ring is 1. The van der Waals surface area contributed by atoms with E-state index in [4.69, 9.17) is 10.5 Å². The molecule has 2 heterocycles. The average Bonchev–Trinajstić information content (AvgIpc) is 2.64. The molecule has 2 N–H and O–H groups in total. The maximum Gasteiger partial charge on any atom is 0.180 e. The van der Waals surface area contributed by atoms with Crippen molar-refractivity contribution in [3.8, 4) is 17.1 Å². The normalized spacial score (nSPS) is 10.3. The van der Waals surface area contributed by atoms with Gasteiger partial charge in [-0.1, -0.05) is 0 Å². The maximum absolute atomic E-state index is 13.5. The lowest BCUT2D eigenvalue weighted by atomic mass is 10.3. The summed E-state index contributed by atoms with van der Waals surface area (Å²) < 4.78 is 18.4. The van der Waals surface area contributed by atoms with Gasteiger partial charge in [-0.05, 0) is 0 Å². The third kappa shape index (κ3) is 1.89. The Bertz CT molecular complexity index is 486. The van der Waals surface area contributed by atoms with Gasteiger partial charge in [-0.2, -0.15) is 0 Å². The van der Waals surface area contributed by atoms with E-state index >= 15 is 0 Å². The van der Waals surface area contributed by atoms with Crippen LogP contribution >= 0.6 is 11.3 Å². The molecule has 4 nitrogen and oxygen atoms in total. The quantitative estimate of drug-likeness (QED) is 0.848. The molecule has 0 fully saturated rings. The number of halogens is 1. The first kappa shape index (κ1) is 9.85. The van der Waals surface area contributed by atoms with Gasteiger partial charge >= 0.3 is 0 Å². The summed E-state index contributed by atoms with van der Waals surface area (Å²) in [6.45, 7) is 0. The van der Waals surface area contributed by atoms with Crippen molar-refractivity contribution in [2.75, 3.05) is 12.8 Å². The minimum absolute atomic E-state index is 0.184. The molecular weight excluding hydrogens is 217 g/mol. The van der Waals surface area contributed by atoms with Crippen molar-refractivity contribution < 1.29 is 9.13 Å². The van der Waals surface area contributed by atoms with Gasteiger partial charge in [-0.3, -0.25) is 0 Å². The Kier molecular flexibility index (Phi) is 2.51. The average molecular weight is 225 g/mol. The molecule has 2 aromatic rings. The van der Waals surface area contributed by atoms with Crippen molar-refractivity contribution in [1.82, 2.24) is 9.97 Å². The van der Waals surface area contributed by atoms with Gasteiger partial charge in [-0.25, -0.2) is 14.4 Å². The van der Waals surface area contributed by atoms with Gasteiger partial charge < -0.3 is 10.5 Å². The van der Waals surface area contributed by atoms with E-state index in [1.807, 2.05) is 0 Å². The van der Waals surface area contributed by atoms with Crippen LogP contribution < -0.4 is 10.5 Å². The summed E-state index contributed by atoms with van der Waals surface area (Å²) in [5.74, 6) is -0.0981. The van der Waals surface area contributed by atoms with Crippen molar-refractivity contribution in [2.45, 2.75) is 0 Å².